The molecule has 2 aromatic heterocycles. The van der Waals surface area contributed by atoms with Crippen LogP contribution in [0.4, 0.5) is 11.6 Å². The van der Waals surface area contributed by atoms with Crippen LogP contribution in [0.2, 0.25) is 0 Å². The van der Waals surface area contributed by atoms with E-state index < -0.39 is 0 Å². The van der Waals surface area contributed by atoms with Crippen LogP contribution in [0, 0.1) is 0 Å². The molecule has 0 fully saturated rings. The van der Waals surface area contributed by atoms with Gasteiger partial charge in [0.1, 0.15) is 0 Å². The Kier molecular flexibility index (Phi) is 6.03. The van der Waals surface area contributed by atoms with Crippen molar-refractivity contribution in [2.24, 2.45) is 0 Å². The van der Waals surface area contributed by atoms with Gasteiger partial charge in [-0.2, -0.15) is 4.98 Å². The molecule has 34 heavy (non-hydrogen) atoms. The largest absolute Gasteiger partial charge is 0.348 e. The van der Waals surface area contributed by atoms with Crippen molar-refractivity contribution >= 4 is 23.2 Å². The minimum Gasteiger partial charge on any atom is -0.348 e. The highest BCUT2D eigenvalue weighted by atomic mass is 16.1. The SMILES string of the molecule is CCc1ccc(-c2cccn3nc(Nc4cccc(C(=O)NCc5ccccc5)c4)nc23)cc1. The number of hydrogen-bond acceptors (Lipinski definition) is 4. The lowest BCUT2D eigenvalue weighted by atomic mass is 10.0. The summed E-state index contributed by atoms with van der Waals surface area (Å²) in [6, 6.07) is 29.7. The zero-order chi connectivity index (χ0) is 23.3. The van der Waals surface area contributed by atoms with Gasteiger partial charge in [0.2, 0.25) is 5.95 Å². The van der Waals surface area contributed by atoms with E-state index in [9.17, 15) is 4.79 Å². The number of fused-ring (bicyclic) bond motifs is 1. The molecule has 2 N–H and O–H groups in total. The Morgan fingerprint density at radius 1 is 0.882 bits per heavy atom. The van der Waals surface area contributed by atoms with Gasteiger partial charge >= 0.3 is 0 Å². The fourth-order valence-electron chi connectivity index (χ4n) is 3.85. The number of carbonyl (C=O) groups is 1. The first-order valence-electron chi connectivity index (χ1n) is 11.3. The summed E-state index contributed by atoms with van der Waals surface area (Å²) in [6.45, 7) is 2.63. The van der Waals surface area contributed by atoms with Crippen molar-refractivity contribution in [3.8, 4) is 11.1 Å². The standard InChI is InChI=1S/C28H25N5O/c1-2-20-13-15-22(16-14-20)25-12-7-17-33-26(25)31-28(32-33)30-24-11-6-10-23(18-24)27(34)29-19-21-8-4-3-5-9-21/h3-18H,2,19H2,1H3,(H,29,34)(H,30,32). The summed E-state index contributed by atoms with van der Waals surface area (Å²) in [4.78, 5) is 17.4. The first-order valence-corrected chi connectivity index (χ1v) is 11.3. The van der Waals surface area contributed by atoms with Crippen molar-refractivity contribution in [1.29, 1.82) is 0 Å². The van der Waals surface area contributed by atoms with Crippen LogP contribution in [0.25, 0.3) is 16.8 Å². The Morgan fingerprint density at radius 2 is 1.71 bits per heavy atom. The third-order valence-electron chi connectivity index (χ3n) is 5.71. The highest BCUT2D eigenvalue weighted by molar-refractivity contribution is 5.95. The average molecular weight is 448 g/mol. The van der Waals surface area contributed by atoms with E-state index in [2.05, 4.69) is 46.9 Å². The third kappa shape index (κ3) is 4.66. The van der Waals surface area contributed by atoms with E-state index in [1.54, 1.807) is 16.6 Å². The minimum absolute atomic E-state index is 0.131. The molecule has 0 bridgehead atoms. The van der Waals surface area contributed by atoms with Crippen LogP contribution in [-0.4, -0.2) is 20.5 Å². The summed E-state index contributed by atoms with van der Waals surface area (Å²) < 4.78 is 1.77. The first-order chi connectivity index (χ1) is 16.7. The maximum Gasteiger partial charge on any atom is 0.251 e. The molecule has 5 aromatic rings. The first kappa shape index (κ1) is 21.4. The van der Waals surface area contributed by atoms with Crippen LogP contribution >= 0.6 is 0 Å². The van der Waals surface area contributed by atoms with E-state index >= 15 is 0 Å². The van der Waals surface area contributed by atoms with Gasteiger partial charge in [0.25, 0.3) is 5.91 Å². The van der Waals surface area contributed by atoms with E-state index in [1.165, 1.54) is 5.56 Å². The number of amides is 1. The van der Waals surface area contributed by atoms with Gasteiger partial charge in [0.15, 0.2) is 5.65 Å². The Bertz CT molecular complexity index is 1420. The molecule has 0 aliphatic rings. The van der Waals surface area contributed by atoms with Gasteiger partial charge in [-0.1, -0.05) is 67.6 Å². The zero-order valence-corrected chi connectivity index (χ0v) is 18.9. The van der Waals surface area contributed by atoms with Crippen LogP contribution in [0.1, 0.15) is 28.4 Å². The average Bonchev–Trinajstić information content (AvgIpc) is 3.30. The Hall–Kier alpha value is -4.45. The smallest absolute Gasteiger partial charge is 0.251 e. The molecular formula is C28H25N5O. The second-order valence-corrected chi connectivity index (χ2v) is 8.05. The Morgan fingerprint density at radius 3 is 2.50 bits per heavy atom. The second-order valence-electron chi connectivity index (χ2n) is 8.05. The number of rotatable bonds is 7. The molecule has 0 aliphatic carbocycles. The Labute approximate surface area is 198 Å². The van der Waals surface area contributed by atoms with Crippen molar-refractivity contribution in [1.82, 2.24) is 19.9 Å². The molecule has 0 unspecified atom stereocenters. The molecule has 0 saturated carbocycles. The normalized spacial score (nSPS) is 10.9. The van der Waals surface area contributed by atoms with E-state index in [4.69, 9.17) is 4.98 Å². The lowest BCUT2D eigenvalue weighted by molar-refractivity contribution is 0.0951. The topological polar surface area (TPSA) is 71.3 Å². The van der Waals surface area contributed by atoms with Gasteiger partial charge < -0.3 is 10.6 Å². The molecule has 6 heteroatoms. The van der Waals surface area contributed by atoms with E-state index in [0.717, 1.165) is 34.4 Å². The predicted octanol–water partition coefficient (Wildman–Crippen LogP) is 5.63. The van der Waals surface area contributed by atoms with Gasteiger partial charge in [0, 0.05) is 29.6 Å². The number of nitrogens with one attached hydrogen (secondary N) is 2. The maximum absolute atomic E-state index is 12.6. The monoisotopic (exact) mass is 447 g/mol. The van der Waals surface area contributed by atoms with Crippen LogP contribution in [0.5, 0.6) is 0 Å². The number of hydrogen-bond donors (Lipinski definition) is 2. The van der Waals surface area contributed by atoms with Gasteiger partial charge in [-0.3, -0.25) is 4.79 Å². The predicted molar refractivity (Wildman–Crippen MR) is 135 cm³/mol. The van der Waals surface area contributed by atoms with Gasteiger partial charge in [-0.25, -0.2) is 4.52 Å². The highest BCUT2D eigenvalue weighted by Crippen LogP contribution is 2.25. The number of carbonyl (C=O) groups excluding carboxylic acids is 1. The lowest BCUT2D eigenvalue weighted by Gasteiger charge is -2.07. The molecule has 2 heterocycles. The second kappa shape index (κ2) is 9.58. The fraction of sp³-hybridized carbons (Fsp3) is 0.107. The number of anilines is 2. The molecular weight excluding hydrogens is 422 g/mol. The molecule has 1 amide bonds. The number of aryl methyl sites for hydroxylation is 1. The maximum atomic E-state index is 12.6. The number of nitrogens with zero attached hydrogens (tertiary/aromatic N) is 3. The number of benzene rings is 3. The third-order valence-corrected chi connectivity index (χ3v) is 5.71. The number of pyridine rings is 1. The van der Waals surface area contributed by atoms with Crippen molar-refractivity contribution < 1.29 is 4.79 Å². The summed E-state index contributed by atoms with van der Waals surface area (Å²) in [7, 11) is 0. The zero-order valence-electron chi connectivity index (χ0n) is 18.9. The molecule has 0 aliphatic heterocycles. The van der Waals surface area contributed by atoms with E-state index in [1.807, 2.05) is 60.8 Å². The van der Waals surface area contributed by atoms with Crippen LogP contribution < -0.4 is 10.6 Å². The van der Waals surface area contributed by atoms with Crippen molar-refractivity contribution in [2.75, 3.05) is 5.32 Å². The molecule has 6 nitrogen and oxygen atoms in total. The summed E-state index contributed by atoms with van der Waals surface area (Å²) >= 11 is 0. The summed E-state index contributed by atoms with van der Waals surface area (Å²) in [6.07, 6.45) is 2.89. The summed E-state index contributed by atoms with van der Waals surface area (Å²) in [5, 5.41) is 10.8. The Balaban J connectivity index is 1.34. The summed E-state index contributed by atoms with van der Waals surface area (Å²) in [5.41, 5.74) is 6.55. The molecule has 0 spiro atoms. The molecule has 5 rings (SSSR count). The minimum atomic E-state index is -0.131. The van der Waals surface area contributed by atoms with Crippen molar-refractivity contribution in [3.05, 3.63) is 114 Å². The summed E-state index contributed by atoms with van der Waals surface area (Å²) in [5.74, 6) is 0.341. The fourth-order valence-corrected chi connectivity index (χ4v) is 3.85. The van der Waals surface area contributed by atoms with Gasteiger partial charge in [0.05, 0.1) is 0 Å². The quantitative estimate of drug-likeness (QED) is 0.339. The van der Waals surface area contributed by atoms with Crippen LogP contribution in [-0.2, 0) is 13.0 Å². The molecule has 3 aromatic carbocycles. The molecule has 0 radical (unpaired) electrons. The van der Waals surface area contributed by atoms with E-state index in [-0.39, 0.29) is 5.91 Å². The molecule has 168 valence electrons. The lowest BCUT2D eigenvalue weighted by Crippen LogP contribution is -2.22. The van der Waals surface area contributed by atoms with Crippen molar-refractivity contribution in [2.45, 2.75) is 19.9 Å². The van der Waals surface area contributed by atoms with Crippen molar-refractivity contribution in [3.63, 3.8) is 0 Å². The molecule has 0 saturated heterocycles. The van der Waals surface area contributed by atoms with Crippen LogP contribution in [0.3, 0.4) is 0 Å². The highest BCUT2D eigenvalue weighted by Gasteiger charge is 2.11. The van der Waals surface area contributed by atoms with E-state index in [0.29, 0.717) is 18.1 Å². The molecule has 0 atom stereocenters. The van der Waals surface area contributed by atoms with Gasteiger partial charge in [-0.05, 0) is 53.4 Å². The van der Waals surface area contributed by atoms with Gasteiger partial charge in [-0.15, -0.1) is 5.10 Å². The van der Waals surface area contributed by atoms with Crippen LogP contribution in [0.15, 0.2) is 97.2 Å². The number of aromatic nitrogens is 3.